The first-order chi connectivity index (χ1) is 16.1. The van der Waals surface area contributed by atoms with E-state index in [1.54, 1.807) is 12.1 Å². The molecule has 0 spiro atoms. The van der Waals surface area contributed by atoms with Gasteiger partial charge < -0.3 is 15.4 Å². The van der Waals surface area contributed by atoms with Crippen LogP contribution < -0.4 is 10.6 Å². The van der Waals surface area contributed by atoms with Crippen molar-refractivity contribution in [1.29, 1.82) is 5.41 Å². The second-order valence-corrected chi connectivity index (χ2v) is 7.42. The number of amidine groups is 1. The summed E-state index contributed by atoms with van der Waals surface area (Å²) in [6, 6.07) is 8.38. The molecule has 11 heteroatoms. The molecule has 1 aromatic carbocycles. The van der Waals surface area contributed by atoms with Crippen LogP contribution >= 0.6 is 0 Å². The van der Waals surface area contributed by atoms with E-state index in [2.05, 4.69) is 10.3 Å². The van der Waals surface area contributed by atoms with Crippen LogP contribution in [0.5, 0.6) is 0 Å². The Morgan fingerprint density at radius 1 is 1.03 bits per heavy atom. The van der Waals surface area contributed by atoms with E-state index in [0.29, 0.717) is 12.2 Å². The summed E-state index contributed by atoms with van der Waals surface area (Å²) >= 11 is 0. The Bertz CT molecular complexity index is 996. The summed E-state index contributed by atoms with van der Waals surface area (Å²) in [7, 11) is 0. The number of carbonyl (C=O) groups excluding carboxylic acids is 3. The number of benzene rings is 1. The lowest BCUT2D eigenvalue weighted by molar-refractivity contribution is -0.171. The second kappa shape index (κ2) is 12.6. The largest absolute Gasteiger partial charge is 0.471 e. The van der Waals surface area contributed by atoms with Gasteiger partial charge >= 0.3 is 12.1 Å². The number of ketones is 1. The maximum Gasteiger partial charge on any atom is 0.471 e. The van der Waals surface area contributed by atoms with Crippen LogP contribution in [0.4, 0.5) is 13.2 Å². The predicted molar refractivity (Wildman–Crippen MR) is 118 cm³/mol. The van der Waals surface area contributed by atoms with E-state index in [-0.39, 0.29) is 42.4 Å². The molecule has 2 aromatic rings. The molecule has 1 heterocycles. The third-order valence-electron chi connectivity index (χ3n) is 4.66. The lowest BCUT2D eigenvalue weighted by Gasteiger charge is -2.17. The van der Waals surface area contributed by atoms with Gasteiger partial charge in [0.2, 0.25) is 0 Å². The zero-order valence-electron chi connectivity index (χ0n) is 18.4. The van der Waals surface area contributed by atoms with Crippen LogP contribution in [0.2, 0.25) is 0 Å². The van der Waals surface area contributed by atoms with Gasteiger partial charge in [0.15, 0.2) is 5.78 Å². The van der Waals surface area contributed by atoms with Gasteiger partial charge in [0.1, 0.15) is 5.84 Å². The molecule has 0 bridgehead atoms. The first-order valence-corrected chi connectivity index (χ1v) is 10.5. The number of amides is 2. The molecule has 8 nitrogen and oxygen atoms in total. The number of nitrogens with zero attached hydrogens (tertiary/aromatic N) is 1. The SMILES string of the molecule is CCCOCC(CNC(=O)c1ccc(C(=N)NC(=O)C(F)(F)F)cc1)CC(=O)c1ccncc1. The molecule has 0 aliphatic heterocycles. The number of hydrogen-bond acceptors (Lipinski definition) is 6. The van der Waals surface area contributed by atoms with Gasteiger partial charge in [-0.1, -0.05) is 19.1 Å². The molecule has 1 unspecified atom stereocenters. The van der Waals surface area contributed by atoms with Crippen molar-refractivity contribution in [3.63, 3.8) is 0 Å². The van der Waals surface area contributed by atoms with Crippen molar-refractivity contribution in [3.05, 3.63) is 65.5 Å². The molecular weight excluding hydrogens is 453 g/mol. The molecule has 3 N–H and O–H groups in total. The van der Waals surface area contributed by atoms with Crippen molar-refractivity contribution in [1.82, 2.24) is 15.6 Å². The number of Topliss-reactive ketones (excluding diaryl/α,β-unsaturated/α-hetero) is 1. The van der Waals surface area contributed by atoms with Crippen molar-refractivity contribution in [2.75, 3.05) is 19.8 Å². The fourth-order valence-corrected chi connectivity index (χ4v) is 2.89. The monoisotopic (exact) mass is 478 g/mol. The van der Waals surface area contributed by atoms with Gasteiger partial charge in [-0.05, 0) is 30.7 Å². The molecule has 0 saturated carbocycles. The van der Waals surface area contributed by atoms with E-state index in [1.807, 2.05) is 6.92 Å². The van der Waals surface area contributed by atoms with E-state index in [9.17, 15) is 27.6 Å². The van der Waals surface area contributed by atoms with Crippen LogP contribution in [-0.4, -0.2) is 54.4 Å². The minimum absolute atomic E-state index is 0.00272. The van der Waals surface area contributed by atoms with Gasteiger partial charge in [-0.3, -0.25) is 24.8 Å². The topological polar surface area (TPSA) is 121 Å². The highest BCUT2D eigenvalue weighted by molar-refractivity contribution is 6.08. The van der Waals surface area contributed by atoms with Crippen LogP contribution in [-0.2, 0) is 9.53 Å². The van der Waals surface area contributed by atoms with Gasteiger partial charge in [-0.15, -0.1) is 0 Å². The molecule has 1 atom stereocenters. The van der Waals surface area contributed by atoms with E-state index >= 15 is 0 Å². The highest BCUT2D eigenvalue weighted by Crippen LogP contribution is 2.15. The maximum atomic E-state index is 12.5. The Labute approximate surface area is 194 Å². The minimum Gasteiger partial charge on any atom is -0.381 e. The zero-order chi connectivity index (χ0) is 25.1. The second-order valence-electron chi connectivity index (χ2n) is 7.42. The molecule has 1 aromatic heterocycles. The van der Waals surface area contributed by atoms with E-state index < -0.39 is 23.8 Å². The third kappa shape index (κ3) is 8.39. The lowest BCUT2D eigenvalue weighted by Crippen LogP contribution is -2.40. The predicted octanol–water partition coefficient (Wildman–Crippen LogP) is 3.13. The van der Waals surface area contributed by atoms with Gasteiger partial charge in [0.25, 0.3) is 5.91 Å². The fourth-order valence-electron chi connectivity index (χ4n) is 2.89. The summed E-state index contributed by atoms with van der Waals surface area (Å²) in [6.07, 6.45) is -1.10. The highest BCUT2D eigenvalue weighted by atomic mass is 19.4. The molecule has 0 aliphatic rings. The zero-order valence-corrected chi connectivity index (χ0v) is 18.4. The van der Waals surface area contributed by atoms with Gasteiger partial charge in [0.05, 0.1) is 6.61 Å². The Hall–Kier alpha value is -3.60. The molecule has 0 aliphatic carbocycles. The minimum atomic E-state index is -5.11. The number of pyridine rings is 1. The van der Waals surface area contributed by atoms with Crippen LogP contribution in [0, 0.1) is 11.3 Å². The van der Waals surface area contributed by atoms with Crippen molar-refractivity contribution >= 4 is 23.4 Å². The van der Waals surface area contributed by atoms with E-state index in [0.717, 1.165) is 6.42 Å². The molecule has 2 rings (SSSR count). The number of rotatable bonds is 11. The normalized spacial score (nSPS) is 12.0. The molecule has 0 radical (unpaired) electrons. The Morgan fingerprint density at radius 2 is 1.65 bits per heavy atom. The van der Waals surface area contributed by atoms with Crippen molar-refractivity contribution < 1.29 is 32.3 Å². The number of aromatic nitrogens is 1. The summed E-state index contributed by atoms with van der Waals surface area (Å²) in [5.74, 6) is -3.84. The van der Waals surface area contributed by atoms with Crippen LogP contribution in [0.1, 0.15) is 46.0 Å². The van der Waals surface area contributed by atoms with Gasteiger partial charge in [-0.25, -0.2) is 0 Å². The molecule has 0 fully saturated rings. The molecule has 182 valence electrons. The standard InChI is InChI=1S/C23H25F3N4O4/c1-2-11-34-14-15(12-19(31)16-7-9-28-10-8-16)13-29-21(32)18-5-3-17(4-6-18)20(27)30-22(33)23(24,25)26/h3-10,15H,2,11-14H2,1H3,(H,29,32)(H2,27,30,33). The van der Waals surface area contributed by atoms with Crippen LogP contribution in [0.15, 0.2) is 48.8 Å². The Balaban J connectivity index is 1.96. The number of halogens is 3. The summed E-state index contributed by atoms with van der Waals surface area (Å²) < 4.78 is 42.5. The average Bonchev–Trinajstić information content (AvgIpc) is 2.82. The molecule has 2 amide bonds. The number of ether oxygens (including phenoxy) is 1. The van der Waals surface area contributed by atoms with Gasteiger partial charge in [-0.2, -0.15) is 13.2 Å². The van der Waals surface area contributed by atoms with Crippen LogP contribution in [0.3, 0.4) is 0 Å². The molecule has 34 heavy (non-hydrogen) atoms. The first-order valence-electron chi connectivity index (χ1n) is 10.5. The van der Waals surface area contributed by atoms with E-state index in [1.165, 1.54) is 42.0 Å². The smallest absolute Gasteiger partial charge is 0.381 e. The van der Waals surface area contributed by atoms with Crippen LogP contribution in [0.25, 0.3) is 0 Å². The van der Waals surface area contributed by atoms with E-state index in [4.69, 9.17) is 10.1 Å². The summed E-state index contributed by atoms with van der Waals surface area (Å²) in [5.41, 5.74) is 0.716. The average molecular weight is 478 g/mol. The fraction of sp³-hybridized carbons (Fsp3) is 0.348. The lowest BCUT2D eigenvalue weighted by atomic mass is 9.99. The van der Waals surface area contributed by atoms with Crippen molar-refractivity contribution in [2.24, 2.45) is 5.92 Å². The third-order valence-corrected chi connectivity index (χ3v) is 4.66. The Morgan fingerprint density at radius 3 is 2.24 bits per heavy atom. The summed E-state index contributed by atoms with van der Waals surface area (Å²) in [6.45, 7) is 2.92. The summed E-state index contributed by atoms with van der Waals surface area (Å²) in [4.78, 5) is 39.9. The van der Waals surface area contributed by atoms with Gasteiger partial charge in [0, 0.05) is 54.6 Å². The number of hydrogen-bond donors (Lipinski definition) is 3. The molecular formula is C23H25F3N4O4. The summed E-state index contributed by atoms with van der Waals surface area (Å²) in [5, 5.41) is 11.8. The number of carbonyl (C=O) groups is 3. The molecule has 0 saturated heterocycles. The maximum absolute atomic E-state index is 12.5. The Kier molecular flexibility index (Phi) is 9.87. The highest BCUT2D eigenvalue weighted by Gasteiger charge is 2.39. The quantitative estimate of drug-likeness (QED) is 0.198. The van der Waals surface area contributed by atoms with Crippen molar-refractivity contribution in [2.45, 2.75) is 25.9 Å². The first kappa shape index (κ1) is 26.7. The number of alkyl halides is 3. The van der Waals surface area contributed by atoms with Crippen molar-refractivity contribution in [3.8, 4) is 0 Å². The number of nitrogens with one attached hydrogen (secondary N) is 3.